The Balaban J connectivity index is 2.18. The summed E-state index contributed by atoms with van der Waals surface area (Å²) in [5, 5.41) is 13.8. The number of ether oxygens (including phenoxy) is 2. The molecule has 1 aromatic heterocycles. The molecule has 1 aromatic carbocycles. The van der Waals surface area contributed by atoms with Gasteiger partial charge < -0.3 is 19.2 Å². The van der Waals surface area contributed by atoms with Gasteiger partial charge in [-0.2, -0.15) is 0 Å². The normalized spacial score (nSPS) is 10.2. The number of amides is 1. The third-order valence-electron chi connectivity index (χ3n) is 3.22. The molecular formula is C15H16N2O6. The highest BCUT2D eigenvalue weighted by molar-refractivity contribution is 5.99. The van der Waals surface area contributed by atoms with Crippen molar-refractivity contribution in [2.75, 3.05) is 20.8 Å². The zero-order valence-corrected chi connectivity index (χ0v) is 12.7. The number of nitrogens with zero attached hydrogens (tertiary/aromatic N) is 1. The topological polar surface area (TPSA) is 104 Å². The van der Waals surface area contributed by atoms with Gasteiger partial charge in [-0.15, -0.1) is 0 Å². The molecule has 2 aromatic rings. The van der Waals surface area contributed by atoms with Crippen LogP contribution in [0.3, 0.4) is 0 Å². The first-order chi connectivity index (χ1) is 11.1. The lowest BCUT2D eigenvalue weighted by atomic mass is 10.1. The Morgan fingerprint density at radius 1 is 1.30 bits per heavy atom. The van der Waals surface area contributed by atoms with Gasteiger partial charge in [0.25, 0.3) is 11.6 Å². The molecule has 1 heterocycles. The summed E-state index contributed by atoms with van der Waals surface area (Å²) >= 11 is 0. The predicted octanol–water partition coefficient (Wildman–Crippen LogP) is 2.18. The maximum Gasteiger partial charge on any atom is 0.286 e. The number of benzene rings is 1. The largest absolute Gasteiger partial charge is 0.493 e. The van der Waals surface area contributed by atoms with Gasteiger partial charge in [-0.1, -0.05) is 0 Å². The summed E-state index contributed by atoms with van der Waals surface area (Å²) in [5.41, 5.74) is 0.496. The van der Waals surface area contributed by atoms with Crippen molar-refractivity contribution in [3.63, 3.8) is 0 Å². The van der Waals surface area contributed by atoms with Gasteiger partial charge in [0.15, 0.2) is 11.5 Å². The summed E-state index contributed by atoms with van der Waals surface area (Å²) < 4.78 is 15.0. The van der Waals surface area contributed by atoms with E-state index in [2.05, 4.69) is 5.32 Å². The lowest BCUT2D eigenvalue weighted by Gasteiger charge is -2.10. The maximum absolute atomic E-state index is 12.2. The number of hydrogen-bond donors (Lipinski definition) is 1. The zero-order chi connectivity index (χ0) is 16.8. The lowest BCUT2D eigenvalue weighted by Crippen LogP contribution is -2.26. The summed E-state index contributed by atoms with van der Waals surface area (Å²) in [6, 6.07) is 4.25. The molecule has 8 nitrogen and oxygen atoms in total. The average molecular weight is 320 g/mol. The maximum atomic E-state index is 12.2. The highest BCUT2D eigenvalue weighted by Crippen LogP contribution is 2.34. The van der Waals surface area contributed by atoms with E-state index in [1.807, 2.05) is 0 Å². The third kappa shape index (κ3) is 3.79. The molecule has 1 amide bonds. The molecule has 0 radical (unpaired) electrons. The second-order valence-electron chi connectivity index (χ2n) is 4.62. The van der Waals surface area contributed by atoms with Crippen LogP contribution < -0.4 is 14.8 Å². The number of methoxy groups -OCH3 is 2. The molecule has 0 aliphatic rings. The van der Waals surface area contributed by atoms with E-state index in [0.717, 1.165) is 5.56 Å². The molecule has 0 bridgehead atoms. The summed E-state index contributed by atoms with van der Waals surface area (Å²) in [7, 11) is 2.76. The quantitative estimate of drug-likeness (QED) is 0.619. The fourth-order valence-corrected chi connectivity index (χ4v) is 2.05. The van der Waals surface area contributed by atoms with E-state index in [9.17, 15) is 14.9 Å². The Hall–Kier alpha value is -3.03. The molecule has 0 aliphatic heterocycles. The third-order valence-corrected chi connectivity index (χ3v) is 3.22. The molecule has 0 aliphatic carbocycles. The molecule has 23 heavy (non-hydrogen) atoms. The first kappa shape index (κ1) is 16.3. The standard InChI is InChI=1S/C15H16N2O6/c1-21-13-7-11(12(17(19)20)8-14(13)22-2)15(18)16-5-3-10-4-6-23-9-10/h4,6-9H,3,5H2,1-2H3,(H,16,18). The van der Waals surface area contributed by atoms with Crippen molar-refractivity contribution in [2.45, 2.75) is 6.42 Å². The molecule has 122 valence electrons. The number of furan rings is 1. The molecular weight excluding hydrogens is 304 g/mol. The predicted molar refractivity (Wildman–Crippen MR) is 80.9 cm³/mol. The SMILES string of the molecule is COc1cc(C(=O)NCCc2ccoc2)c([N+](=O)[O-])cc1OC. The van der Waals surface area contributed by atoms with E-state index in [-0.39, 0.29) is 22.7 Å². The Kier molecular flexibility index (Phi) is 5.19. The van der Waals surface area contributed by atoms with Gasteiger partial charge in [0.2, 0.25) is 0 Å². The monoisotopic (exact) mass is 320 g/mol. The van der Waals surface area contributed by atoms with Gasteiger partial charge in [-0.05, 0) is 18.1 Å². The van der Waals surface area contributed by atoms with Crippen molar-refractivity contribution in [1.29, 1.82) is 0 Å². The minimum atomic E-state index is -0.632. The average Bonchev–Trinajstić information content (AvgIpc) is 3.06. The highest BCUT2D eigenvalue weighted by Gasteiger charge is 2.24. The van der Waals surface area contributed by atoms with Crippen molar-refractivity contribution in [3.8, 4) is 11.5 Å². The van der Waals surface area contributed by atoms with Crippen molar-refractivity contribution in [1.82, 2.24) is 5.32 Å². The lowest BCUT2D eigenvalue weighted by molar-refractivity contribution is -0.385. The van der Waals surface area contributed by atoms with Gasteiger partial charge in [0.05, 0.1) is 37.7 Å². The Morgan fingerprint density at radius 3 is 2.57 bits per heavy atom. The number of nitro groups is 1. The van der Waals surface area contributed by atoms with E-state index >= 15 is 0 Å². The molecule has 0 saturated heterocycles. The second-order valence-corrected chi connectivity index (χ2v) is 4.62. The molecule has 2 rings (SSSR count). The number of hydrogen-bond acceptors (Lipinski definition) is 6. The van der Waals surface area contributed by atoms with Crippen molar-refractivity contribution in [2.24, 2.45) is 0 Å². The van der Waals surface area contributed by atoms with Crippen molar-refractivity contribution in [3.05, 3.63) is 52.0 Å². The molecule has 0 atom stereocenters. The number of nitrogens with one attached hydrogen (secondary N) is 1. The van der Waals surface area contributed by atoms with Gasteiger partial charge in [-0.3, -0.25) is 14.9 Å². The van der Waals surface area contributed by atoms with E-state index in [1.165, 1.54) is 32.6 Å². The first-order valence-corrected chi connectivity index (χ1v) is 6.76. The second kappa shape index (κ2) is 7.30. The van der Waals surface area contributed by atoms with Crippen LogP contribution >= 0.6 is 0 Å². The molecule has 0 fully saturated rings. The fourth-order valence-electron chi connectivity index (χ4n) is 2.05. The van der Waals surface area contributed by atoms with Crippen LogP contribution in [0.2, 0.25) is 0 Å². The number of nitro benzene ring substituents is 1. The van der Waals surface area contributed by atoms with E-state index in [0.29, 0.717) is 13.0 Å². The van der Waals surface area contributed by atoms with Crippen LogP contribution in [0, 0.1) is 10.1 Å². The minimum Gasteiger partial charge on any atom is -0.493 e. The molecule has 0 saturated carbocycles. The van der Waals surface area contributed by atoms with Crippen LogP contribution in [0.15, 0.2) is 35.1 Å². The Morgan fingerprint density at radius 2 is 2.00 bits per heavy atom. The van der Waals surface area contributed by atoms with Gasteiger partial charge >= 0.3 is 0 Å². The fraction of sp³-hybridized carbons (Fsp3) is 0.267. The van der Waals surface area contributed by atoms with Gasteiger partial charge in [0, 0.05) is 12.6 Å². The summed E-state index contributed by atoms with van der Waals surface area (Å²) in [6.07, 6.45) is 3.67. The summed E-state index contributed by atoms with van der Waals surface area (Å²) in [4.78, 5) is 22.8. The number of carbonyl (C=O) groups excluding carboxylic acids is 1. The van der Waals surface area contributed by atoms with E-state index < -0.39 is 10.8 Å². The Bertz CT molecular complexity index is 696. The van der Waals surface area contributed by atoms with Crippen LogP contribution in [-0.2, 0) is 6.42 Å². The van der Waals surface area contributed by atoms with Gasteiger partial charge in [0.1, 0.15) is 5.56 Å². The first-order valence-electron chi connectivity index (χ1n) is 6.76. The van der Waals surface area contributed by atoms with Crippen LogP contribution in [0.1, 0.15) is 15.9 Å². The van der Waals surface area contributed by atoms with Crippen LogP contribution in [0.5, 0.6) is 11.5 Å². The van der Waals surface area contributed by atoms with E-state index in [4.69, 9.17) is 13.9 Å². The van der Waals surface area contributed by atoms with Crippen molar-refractivity contribution < 1.29 is 23.6 Å². The van der Waals surface area contributed by atoms with Gasteiger partial charge in [-0.25, -0.2) is 0 Å². The van der Waals surface area contributed by atoms with Crippen LogP contribution in [-0.4, -0.2) is 31.6 Å². The van der Waals surface area contributed by atoms with Crippen molar-refractivity contribution >= 4 is 11.6 Å². The highest BCUT2D eigenvalue weighted by atomic mass is 16.6. The molecule has 0 spiro atoms. The Labute approximate surface area is 132 Å². The minimum absolute atomic E-state index is 0.0835. The van der Waals surface area contributed by atoms with E-state index in [1.54, 1.807) is 12.3 Å². The number of carbonyl (C=O) groups is 1. The summed E-state index contributed by atoms with van der Waals surface area (Å²) in [6.45, 7) is 0.323. The van der Waals surface area contributed by atoms with Crippen LogP contribution in [0.25, 0.3) is 0 Å². The molecule has 8 heteroatoms. The zero-order valence-electron chi connectivity index (χ0n) is 12.7. The smallest absolute Gasteiger partial charge is 0.286 e. The summed E-state index contributed by atoms with van der Waals surface area (Å²) in [5.74, 6) is -0.117. The molecule has 0 unspecified atom stereocenters. The number of rotatable bonds is 7. The van der Waals surface area contributed by atoms with Crippen LogP contribution in [0.4, 0.5) is 5.69 Å². The molecule has 1 N–H and O–H groups in total.